The van der Waals surface area contributed by atoms with Crippen LogP contribution in [0, 0.1) is 0 Å². The molecule has 0 saturated carbocycles. The van der Waals surface area contributed by atoms with E-state index in [1.54, 1.807) is 0 Å². The number of fused-ring (bicyclic) bond motifs is 12. The molecule has 3 nitrogen and oxygen atoms in total. The summed E-state index contributed by atoms with van der Waals surface area (Å²) in [6.45, 7) is 44.0. The van der Waals surface area contributed by atoms with Crippen molar-refractivity contribution in [1.82, 2.24) is 0 Å². The van der Waals surface area contributed by atoms with E-state index < -0.39 is 0 Å². The van der Waals surface area contributed by atoms with Gasteiger partial charge in [0.1, 0.15) is 0 Å². The van der Waals surface area contributed by atoms with E-state index in [1.807, 2.05) is 11.3 Å². The molecular formula is C82H90BN3S2. The molecule has 5 aliphatic rings. The Morgan fingerprint density at radius 3 is 1.44 bits per heavy atom. The van der Waals surface area contributed by atoms with E-state index >= 15 is 0 Å². The first kappa shape index (κ1) is 57.8. The second-order valence-corrected chi connectivity index (χ2v) is 35.5. The van der Waals surface area contributed by atoms with Gasteiger partial charge in [-0.05, 0) is 216 Å². The van der Waals surface area contributed by atoms with Crippen molar-refractivity contribution >= 4 is 127 Å². The number of hydrogen-bond donors (Lipinski definition) is 0. The van der Waals surface area contributed by atoms with Crippen molar-refractivity contribution in [3.05, 3.63) is 190 Å². The standard InChI is InChI=1S/C82H90BN3S2/c1-75(2,3)49-26-30-51(31-27-49)84(52-32-28-50(29-33-52)76(4,5)6)54-43-67-71-68(44-54)86(65-24-21-23-56-55-22-19-20-25-69(55)87-73(56)65)72-57-45-60-63(82(17,18)41-38-79(60,11)12)48-70(57)88-74(72)83(71)64-46-61-62(81(15,16)40-39-80(61,13)14)47-66(64)85(67)53-34-35-58-59(42-53)78(9,10)37-36-77(58,7)8/h19-35,42-48H,36-41H2,1-18H3. The van der Waals surface area contributed by atoms with Crippen LogP contribution in [0.5, 0.6) is 0 Å². The van der Waals surface area contributed by atoms with Crippen LogP contribution in [0.3, 0.4) is 0 Å². The Bertz CT molecular complexity index is 4490. The molecule has 0 saturated heterocycles. The second kappa shape index (κ2) is 19.0. The fourth-order valence-electron chi connectivity index (χ4n) is 16.5. The van der Waals surface area contributed by atoms with Crippen LogP contribution in [0.25, 0.3) is 30.3 Å². The Kier molecular flexibility index (Phi) is 12.5. The summed E-state index contributed by atoms with van der Waals surface area (Å²) in [5, 5.41) is 4.01. The highest BCUT2D eigenvalue weighted by atomic mass is 32.1. The number of thiophene rings is 2. The molecule has 448 valence electrons. The summed E-state index contributed by atoms with van der Waals surface area (Å²) < 4.78 is 5.48. The Labute approximate surface area is 534 Å². The molecule has 2 aromatic heterocycles. The van der Waals surface area contributed by atoms with Gasteiger partial charge in [-0.2, -0.15) is 0 Å². The summed E-state index contributed by atoms with van der Waals surface area (Å²) in [7, 11) is 0. The average molecular weight is 1190 g/mol. The molecule has 2 aliphatic heterocycles. The van der Waals surface area contributed by atoms with Gasteiger partial charge in [-0.15, -0.1) is 22.7 Å². The summed E-state index contributed by atoms with van der Waals surface area (Å²) in [6.07, 6.45) is 6.97. The lowest BCUT2D eigenvalue weighted by atomic mass is 9.35. The molecule has 0 spiro atoms. The van der Waals surface area contributed by atoms with Gasteiger partial charge in [-0.25, -0.2) is 0 Å². The van der Waals surface area contributed by atoms with Gasteiger partial charge in [0.05, 0.1) is 21.8 Å². The lowest BCUT2D eigenvalue weighted by molar-refractivity contribution is 0.332. The van der Waals surface area contributed by atoms with Crippen molar-refractivity contribution in [2.45, 2.75) is 206 Å². The molecule has 10 aromatic rings. The maximum atomic E-state index is 2.80. The third-order valence-corrected chi connectivity index (χ3v) is 25.0. The molecular weight excluding hydrogens is 1100 g/mol. The van der Waals surface area contributed by atoms with Crippen molar-refractivity contribution in [3.63, 3.8) is 0 Å². The second-order valence-electron chi connectivity index (χ2n) is 33.4. The van der Waals surface area contributed by atoms with E-state index in [-0.39, 0.29) is 50.0 Å². The van der Waals surface area contributed by atoms with Gasteiger partial charge < -0.3 is 14.7 Å². The van der Waals surface area contributed by atoms with Crippen molar-refractivity contribution < 1.29 is 0 Å². The molecule has 0 atom stereocenters. The predicted octanol–water partition coefficient (Wildman–Crippen LogP) is 22.5. The van der Waals surface area contributed by atoms with Gasteiger partial charge in [0.15, 0.2) is 0 Å². The Balaban J connectivity index is 1.13. The molecule has 15 rings (SSSR count). The van der Waals surface area contributed by atoms with Crippen molar-refractivity contribution in [2.75, 3.05) is 14.7 Å². The van der Waals surface area contributed by atoms with Crippen LogP contribution in [0.1, 0.15) is 208 Å². The van der Waals surface area contributed by atoms with Crippen LogP contribution < -0.4 is 30.4 Å². The molecule has 0 radical (unpaired) electrons. The normalized spacial score (nSPS) is 19.0. The lowest BCUT2D eigenvalue weighted by Gasteiger charge is -2.48. The maximum absolute atomic E-state index is 2.80. The minimum Gasteiger partial charge on any atom is -0.311 e. The minimum atomic E-state index is -0.0432. The van der Waals surface area contributed by atoms with Gasteiger partial charge in [-0.3, -0.25) is 0 Å². The molecule has 0 N–H and O–H groups in total. The van der Waals surface area contributed by atoms with E-state index in [4.69, 9.17) is 0 Å². The SMILES string of the molecule is CC(C)(C)c1ccc(N(c2ccc(C(C)(C)C)cc2)c2cc3c4c(c2)N(c2cccc5c2sc2ccccc25)c2c(sc5cc6c(cc25)C(C)(C)CCC6(C)C)B4c2cc4c(cc2N3c2ccc3c(c2)C(C)(C)CCC3(C)C)C(C)(C)CCC4(C)C)cc1. The van der Waals surface area contributed by atoms with Gasteiger partial charge >= 0.3 is 0 Å². The highest BCUT2D eigenvalue weighted by Gasteiger charge is 2.50. The zero-order valence-electron chi connectivity index (χ0n) is 55.8. The highest BCUT2D eigenvalue weighted by Crippen LogP contribution is 2.58. The summed E-state index contributed by atoms with van der Waals surface area (Å²) in [4.78, 5) is 8.15. The number of rotatable bonds is 5. The Morgan fingerprint density at radius 1 is 0.386 bits per heavy atom. The first-order valence-corrected chi connectivity index (χ1v) is 34.6. The Hall–Kier alpha value is -6.60. The molecule has 3 aliphatic carbocycles. The minimum absolute atomic E-state index is 0.00141. The summed E-state index contributed by atoms with van der Waals surface area (Å²) in [5.74, 6) is 0. The van der Waals surface area contributed by atoms with Gasteiger partial charge in [0.25, 0.3) is 6.71 Å². The van der Waals surface area contributed by atoms with Crippen LogP contribution >= 0.6 is 22.7 Å². The number of benzene rings is 8. The van der Waals surface area contributed by atoms with E-state index in [0.29, 0.717) is 0 Å². The van der Waals surface area contributed by atoms with E-state index in [1.165, 1.54) is 137 Å². The zero-order valence-corrected chi connectivity index (χ0v) is 57.5. The monoisotopic (exact) mass is 1190 g/mol. The van der Waals surface area contributed by atoms with E-state index in [9.17, 15) is 0 Å². The van der Waals surface area contributed by atoms with Crippen LogP contribution in [-0.2, 0) is 43.3 Å². The summed E-state index contributed by atoms with van der Waals surface area (Å²) >= 11 is 4.03. The van der Waals surface area contributed by atoms with E-state index in [2.05, 4.69) is 296 Å². The number of hydrogen-bond acceptors (Lipinski definition) is 5. The first-order chi connectivity index (χ1) is 41.3. The smallest absolute Gasteiger partial charge is 0.264 e. The fraction of sp³-hybridized carbons (Fsp3) is 0.390. The predicted molar refractivity (Wildman–Crippen MR) is 387 cm³/mol. The zero-order chi connectivity index (χ0) is 61.9. The maximum Gasteiger partial charge on any atom is 0.264 e. The average Bonchev–Trinajstić information content (AvgIpc) is 1.23. The van der Waals surface area contributed by atoms with Crippen molar-refractivity contribution in [3.8, 4) is 0 Å². The van der Waals surface area contributed by atoms with Crippen LogP contribution in [0.4, 0.5) is 51.2 Å². The van der Waals surface area contributed by atoms with Crippen molar-refractivity contribution in [1.29, 1.82) is 0 Å². The largest absolute Gasteiger partial charge is 0.311 e. The number of nitrogens with zero attached hydrogens (tertiary/aromatic N) is 3. The molecule has 0 bridgehead atoms. The lowest BCUT2D eigenvalue weighted by Crippen LogP contribution is -2.61. The van der Waals surface area contributed by atoms with Gasteiger partial charge in [0.2, 0.25) is 0 Å². The van der Waals surface area contributed by atoms with Crippen LogP contribution in [0.2, 0.25) is 0 Å². The summed E-state index contributed by atoms with van der Waals surface area (Å²) in [5.41, 5.74) is 25.7. The molecule has 8 aromatic carbocycles. The number of anilines is 9. The van der Waals surface area contributed by atoms with Gasteiger partial charge in [-0.1, -0.05) is 191 Å². The molecule has 88 heavy (non-hydrogen) atoms. The fourth-order valence-corrected chi connectivity index (χ4v) is 19.1. The van der Waals surface area contributed by atoms with E-state index in [0.717, 1.165) is 42.7 Å². The van der Waals surface area contributed by atoms with Crippen molar-refractivity contribution in [2.24, 2.45) is 0 Å². The third kappa shape index (κ3) is 8.73. The van der Waals surface area contributed by atoms with Gasteiger partial charge in [0, 0.05) is 64.5 Å². The van der Waals surface area contributed by atoms with Crippen LogP contribution in [0.15, 0.2) is 146 Å². The summed E-state index contributed by atoms with van der Waals surface area (Å²) in [6, 6.07) is 59.0. The quantitative estimate of drug-likeness (QED) is 0.159. The Morgan fingerprint density at radius 2 is 0.875 bits per heavy atom. The molecule has 0 unspecified atom stereocenters. The van der Waals surface area contributed by atoms with Crippen LogP contribution in [-0.4, -0.2) is 6.71 Å². The highest BCUT2D eigenvalue weighted by molar-refractivity contribution is 7.34. The molecule has 0 amide bonds. The third-order valence-electron chi connectivity index (χ3n) is 22.6. The topological polar surface area (TPSA) is 9.72 Å². The first-order valence-electron chi connectivity index (χ1n) is 33.0. The molecule has 6 heteroatoms. The molecule has 4 heterocycles. The molecule has 0 fully saturated rings.